The van der Waals surface area contributed by atoms with Crippen LogP contribution in [-0.2, 0) is 21.5 Å². The van der Waals surface area contributed by atoms with Gasteiger partial charge in [-0.3, -0.25) is 9.59 Å². The zero-order valence-electron chi connectivity index (χ0n) is 24.2. The minimum atomic E-state index is -1.06. The minimum absolute atomic E-state index is 0.116. The van der Waals surface area contributed by atoms with Crippen LogP contribution >= 0.6 is 23.2 Å². The number of hydrogen-bond acceptors (Lipinski definition) is 4. The predicted molar refractivity (Wildman–Crippen MR) is 168 cm³/mol. The Labute approximate surface area is 258 Å². The molecule has 0 spiro atoms. The number of halogens is 2. The summed E-state index contributed by atoms with van der Waals surface area (Å²) >= 11 is 12.7. The third kappa shape index (κ3) is 6.06. The van der Waals surface area contributed by atoms with Gasteiger partial charge in [0.2, 0.25) is 11.8 Å². The van der Waals surface area contributed by atoms with Crippen molar-refractivity contribution in [2.45, 2.75) is 70.0 Å². The van der Waals surface area contributed by atoms with Gasteiger partial charge in [-0.2, -0.15) is 5.26 Å². The van der Waals surface area contributed by atoms with E-state index in [0.717, 1.165) is 35.3 Å². The van der Waals surface area contributed by atoms with Crippen molar-refractivity contribution in [1.29, 1.82) is 5.26 Å². The summed E-state index contributed by atoms with van der Waals surface area (Å²) in [5.74, 6) is -0.566. The van der Waals surface area contributed by atoms with Crippen LogP contribution in [0.25, 0.3) is 0 Å². The Morgan fingerprint density at radius 2 is 1.79 bits per heavy atom. The zero-order valence-corrected chi connectivity index (χ0v) is 25.7. The molecule has 0 unspecified atom stereocenters. The number of amides is 2. The SMILES string of the molecule is CC(C)(C)C[C@@H]1N[C@@H](C(=O)NCc2ccc(N3CCCC3=O)cc2)[C@H](c2cccc(Cl)c2)[C@@]1(C#N)c1ccc(Cl)cc1. The van der Waals surface area contributed by atoms with Crippen molar-refractivity contribution >= 4 is 40.7 Å². The Morgan fingerprint density at radius 1 is 1.07 bits per heavy atom. The number of carbonyl (C=O) groups is 2. The molecule has 0 saturated carbocycles. The van der Waals surface area contributed by atoms with E-state index in [1.165, 1.54) is 0 Å². The number of anilines is 1. The highest BCUT2D eigenvalue weighted by Gasteiger charge is 2.59. The van der Waals surface area contributed by atoms with Gasteiger partial charge in [-0.25, -0.2) is 0 Å². The second kappa shape index (κ2) is 12.1. The number of nitrogens with zero attached hydrogens (tertiary/aromatic N) is 2. The Morgan fingerprint density at radius 3 is 2.38 bits per heavy atom. The third-order valence-electron chi connectivity index (χ3n) is 8.36. The van der Waals surface area contributed by atoms with Gasteiger partial charge in [0, 0.05) is 47.2 Å². The Hall–Kier alpha value is -3.37. The maximum atomic E-state index is 14.0. The molecule has 0 bridgehead atoms. The van der Waals surface area contributed by atoms with Crippen LogP contribution in [0, 0.1) is 16.7 Å². The van der Waals surface area contributed by atoms with Crippen molar-refractivity contribution in [2.75, 3.05) is 11.4 Å². The average Bonchev–Trinajstić information content (AvgIpc) is 3.53. The third-order valence-corrected chi connectivity index (χ3v) is 8.84. The van der Waals surface area contributed by atoms with E-state index in [2.05, 4.69) is 37.5 Å². The normalized spacial score (nSPS) is 24.0. The number of hydrogen-bond donors (Lipinski definition) is 2. The van der Waals surface area contributed by atoms with E-state index in [0.29, 0.717) is 29.4 Å². The number of carbonyl (C=O) groups excluding carboxylic acids is 2. The molecule has 2 amide bonds. The van der Waals surface area contributed by atoms with Crippen LogP contribution in [0.5, 0.6) is 0 Å². The summed E-state index contributed by atoms with van der Waals surface area (Å²) < 4.78 is 0. The molecule has 4 atom stereocenters. The van der Waals surface area contributed by atoms with Crippen molar-refractivity contribution in [3.63, 3.8) is 0 Å². The van der Waals surface area contributed by atoms with Crippen LogP contribution < -0.4 is 15.5 Å². The van der Waals surface area contributed by atoms with Crippen molar-refractivity contribution in [1.82, 2.24) is 10.6 Å². The van der Waals surface area contributed by atoms with E-state index in [1.807, 2.05) is 54.6 Å². The first-order valence-electron chi connectivity index (χ1n) is 14.4. The standard InChI is InChI=1S/C34H36Cl2N4O2/c1-33(2,3)19-28-34(21-37,24-11-13-25(35)14-12-24)30(23-6-4-7-26(36)18-23)31(39-28)32(42)38-20-22-9-15-27(16-10-22)40-17-5-8-29(40)41/h4,6-7,9-16,18,28,30-31,39H,5,8,17,19-20H2,1-3H3,(H,38,42)/t28-,30-,31+,34-/m0/s1. The first-order valence-corrected chi connectivity index (χ1v) is 15.1. The summed E-state index contributed by atoms with van der Waals surface area (Å²) in [6, 6.07) is 24.3. The molecule has 0 radical (unpaired) electrons. The van der Waals surface area contributed by atoms with Gasteiger partial charge in [0.1, 0.15) is 5.41 Å². The molecule has 2 aliphatic heterocycles. The second-order valence-corrected chi connectivity index (χ2v) is 13.4. The quantitative estimate of drug-likeness (QED) is 0.313. The highest BCUT2D eigenvalue weighted by atomic mass is 35.5. The first-order chi connectivity index (χ1) is 20.0. The van der Waals surface area contributed by atoms with Crippen LogP contribution in [-0.4, -0.2) is 30.4 Å². The number of rotatable bonds is 7. The van der Waals surface area contributed by atoms with Crippen molar-refractivity contribution < 1.29 is 9.59 Å². The second-order valence-electron chi connectivity index (χ2n) is 12.5. The Balaban J connectivity index is 1.48. The van der Waals surface area contributed by atoms with Gasteiger partial charge in [0.25, 0.3) is 0 Å². The summed E-state index contributed by atoms with van der Waals surface area (Å²) in [4.78, 5) is 27.9. The fraction of sp³-hybridized carbons (Fsp3) is 0.382. The fourth-order valence-electron chi connectivity index (χ4n) is 6.47. The zero-order chi connectivity index (χ0) is 30.1. The Bertz CT molecular complexity index is 1490. The maximum absolute atomic E-state index is 14.0. The van der Waals surface area contributed by atoms with E-state index in [4.69, 9.17) is 23.2 Å². The Kier molecular flexibility index (Phi) is 8.66. The van der Waals surface area contributed by atoms with Crippen molar-refractivity contribution in [2.24, 2.45) is 5.41 Å². The molecule has 42 heavy (non-hydrogen) atoms. The molecule has 2 saturated heterocycles. The van der Waals surface area contributed by atoms with E-state index < -0.39 is 17.4 Å². The molecule has 218 valence electrons. The van der Waals surface area contributed by atoms with Crippen LogP contribution in [0.4, 0.5) is 5.69 Å². The van der Waals surface area contributed by atoms with E-state index in [9.17, 15) is 14.9 Å². The summed E-state index contributed by atoms with van der Waals surface area (Å²) in [5, 5.41) is 18.9. The monoisotopic (exact) mass is 602 g/mol. The molecule has 6 nitrogen and oxygen atoms in total. The molecule has 0 aliphatic carbocycles. The molecule has 5 rings (SSSR count). The topological polar surface area (TPSA) is 85.2 Å². The van der Waals surface area contributed by atoms with Crippen LogP contribution in [0.1, 0.15) is 62.6 Å². The van der Waals surface area contributed by atoms with Crippen molar-refractivity contribution in [3.05, 3.63) is 99.5 Å². The van der Waals surface area contributed by atoms with Gasteiger partial charge in [0.05, 0.1) is 12.1 Å². The van der Waals surface area contributed by atoms with Crippen molar-refractivity contribution in [3.8, 4) is 6.07 Å². The molecule has 2 aliphatic rings. The molecule has 8 heteroatoms. The summed E-state index contributed by atoms with van der Waals surface area (Å²) in [7, 11) is 0. The number of benzene rings is 3. The lowest BCUT2D eigenvalue weighted by atomic mass is 9.63. The summed E-state index contributed by atoms with van der Waals surface area (Å²) in [6.07, 6.45) is 2.12. The molecule has 2 N–H and O–H groups in total. The summed E-state index contributed by atoms with van der Waals surface area (Å²) in [5.41, 5.74) is 2.25. The van der Waals surface area contributed by atoms with E-state index in [1.54, 1.807) is 23.1 Å². The lowest BCUT2D eigenvalue weighted by Crippen LogP contribution is -2.45. The van der Waals surface area contributed by atoms with Gasteiger partial charge in [-0.15, -0.1) is 0 Å². The lowest BCUT2D eigenvalue weighted by molar-refractivity contribution is -0.123. The van der Waals surface area contributed by atoms with Gasteiger partial charge in [-0.05, 0) is 71.3 Å². The van der Waals surface area contributed by atoms with Gasteiger partial charge in [-0.1, -0.05) is 80.4 Å². The average molecular weight is 604 g/mol. The summed E-state index contributed by atoms with van der Waals surface area (Å²) in [6.45, 7) is 7.47. The molecule has 3 aromatic carbocycles. The predicted octanol–water partition coefficient (Wildman–Crippen LogP) is 6.76. The van der Waals surface area contributed by atoms with Crippen LogP contribution in [0.15, 0.2) is 72.8 Å². The molecule has 0 aromatic heterocycles. The van der Waals surface area contributed by atoms with Crippen LogP contribution in [0.3, 0.4) is 0 Å². The molecule has 2 fully saturated rings. The number of nitrogens with one attached hydrogen (secondary N) is 2. The lowest BCUT2D eigenvalue weighted by Gasteiger charge is -2.37. The smallest absolute Gasteiger partial charge is 0.238 e. The molecule has 2 heterocycles. The highest BCUT2D eigenvalue weighted by molar-refractivity contribution is 6.30. The van der Waals surface area contributed by atoms with Gasteiger partial charge >= 0.3 is 0 Å². The maximum Gasteiger partial charge on any atom is 0.238 e. The van der Waals surface area contributed by atoms with Gasteiger partial charge in [0.15, 0.2) is 0 Å². The highest BCUT2D eigenvalue weighted by Crippen LogP contribution is 2.51. The fourth-order valence-corrected chi connectivity index (χ4v) is 6.80. The number of nitriles is 1. The largest absolute Gasteiger partial charge is 0.351 e. The van der Waals surface area contributed by atoms with Crippen LogP contribution in [0.2, 0.25) is 10.0 Å². The van der Waals surface area contributed by atoms with E-state index >= 15 is 0 Å². The molecular weight excluding hydrogens is 567 g/mol. The molecule has 3 aromatic rings. The van der Waals surface area contributed by atoms with E-state index in [-0.39, 0.29) is 23.3 Å². The first kappa shape index (κ1) is 30.1. The molecular formula is C34H36Cl2N4O2. The van der Waals surface area contributed by atoms with Gasteiger partial charge < -0.3 is 15.5 Å². The minimum Gasteiger partial charge on any atom is -0.351 e.